The van der Waals surface area contributed by atoms with Gasteiger partial charge < -0.3 is 9.84 Å². The molecule has 2 heterocycles. The first-order valence-corrected chi connectivity index (χ1v) is 8.18. The van der Waals surface area contributed by atoms with Crippen LogP contribution in [0.3, 0.4) is 0 Å². The molecule has 0 atom stereocenters. The number of nitrogens with zero attached hydrogens (tertiary/aromatic N) is 1. The minimum atomic E-state index is -0.397. The van der Waals surface area contributed by atoms with Crippen LogP contribution in [-0.4, -0.2) is 28.3 Å². The summed E-state index contributed by atoms with van der Waals surface area (Å²) in [6.45, 7) is 3.85. The average Bonchev–Trinajstić information content (AvgIpc) is 3.30. The van der Waals surface area contributed by atoms with E-state index in [9.17, 15) is 9.90 Å². The van der Waals surface area contributed by atoms with Gasteiger partial charge in [-0.1, -0.05) is 12.6 Å². The van der Waals surface area contributed by atoms with Crippen molar-refractivity contribution < 1.29 is 14.6 Å². The number of aromatic hydroxyl groups is 1. The number of hydrazine groups is 1. The van der Waals surface area contributed by atoms with Gasteiger partial charge in [0.25, 0.3) is 5.91 Å². The molecule has 128 valence electrons. The number of methoxy groups -OCH3 is 1. The Kier molecular flexibility index (Phi) is 4.71. The topological polar surface area (TPSA) is 99.3 Å². The molecule has 0 unspecified atom stereocenters. The summed E-state index contributed by atoms with van der Waals surface area (Å²) < 4.78 is 5.05. The summed E-state index contributed by atoms with van der Waals surface area (Å²) in [4.78, 5) is 13.2. The zero-order chi connectivity index (χ0) is 17.8. The van der Waals surface area contributed by atoms with Gasteiger partial charge in [0.2, 0.25) is 0 Å². The van der Waals surface area contributed by atoms with Crippen molar-refractivity contribution in [3.05, 3.63) is 59.6 Å². The number of carbonyl (C=O) groups excluding carboxylic acids is 1. The van der Waals surface area contributed by atoms with E-state index in [-0.39, 0.29) is 11.4 Å². The van der Waals surface area contributed by atoms with Gasteiger partial charge in [0.15, 0.2) is 17.2 Å². The molecule has 0 aliphatic rings. The third-order valence-electron chi connectivity index (χ3n) is 3.45. The minimum absolute atomic E-state index is 0.0284. The predicted octanol–water partition coefficient (Wildman–Crippen LogP) is 2.76. The summed E-state index contributed by atoms with van der Waals surface area (Å²) in [7, 11) is 1.46. The third kappa shape index (κ3) is 3.64. The first-order valence-electron chi connectivity index (χ1n) is 7.30. The van der Waals surface area contributed by atoms with E-state index >= 15 is 0 Å². The Labute approximate surface area is 147 Å². The number of benzene rings is 1. The standard InChI is InChI=1S/C17H16N4O3S/c1-10(11-5-6-14(22)15(8-11)24-2)18-21-17(23)13-9-12(19-20-13)16-4-3-7-25-16/h3-9,18,22H,1H2,2H3,(H,19,20)(H,21,23). The van der Waals surface area contributed by atoms with Crippen LogP contribution in [0.25, 0.3) is 16.3 Å². The Balaban J connectivity index is 1.63. The summed E-state index contributed by atoms with van der Waals surface area (Å²) >= 11 is 1.56. The molecular formula is C17H16N4O3S. The largest absolute Gasteiger partial charge is 0.504 e. The Hall–Kier alpha value is -3.26. The molecule has 0 aliphatic heterocycles. The highest BCUT2D eigenvalue weighted by Crippen LogP contribution is 2.28. The van der Waals surface area contributed by atoms with Crippen LogP contribution in [0.2, 0.25) is 0 Å². The van der Waals surface area contributed by atoms with Gasteiger partial charge in [0.1, 0.15) is 0 Å². The van der Waals surface area contributed by atoms with E-state index in [4.69, 9.17) is 4.74 Å². The van der Waals surface area contributed by atoms with Gasteiger partial charge in [-0.25, -0.2) is 0 Å². The van der Waals surface area contributed by atoms with E-state index in [1.54, 1.807) is 29.5 Å². The minimum Gasteiger partial charge on any atom is -0.504 e. The monoisotopic (exact) mass is 356 g/mol. The fourth-order valence-electron chi connectivity index (χ4n) is 2.13. The number of aromatic nitrogens is 2. The lowest BCUT2D eigenvalue weighted by Gasteiger charge is -2.12. The molecule has 25 heavy (non-hydrogen) atoms. The molecule has 8 heteroatoms. The average molecular weight is 356 g/mol. The number of H-pyrrole nitrogens is 1. The van der Waals surface area contributed by atoms with E-state index in [0.29, 0.717) is 17.0 Å². The number of carbonyl (C=O) groups is 1. The fourth-order valence-corrected chi connectivity index (χ4v) is 2.82. The smallest absolute Gasteiger partial charge is 0.290 e. The van der Waals surface area contributed by atoms with Crippen LogP contribution in [-0.2, 0) is 0 Å². The zero-order valence-corrected chi connectivity index (χ0v) is 14.2. The summed E-state index contributed by atoms with van der Waals surface area (Å²) in [5.74, 6) is -0.0497. The second-order valence-electron chi connectivity index (χ2n) is 5.09. The van der Waals surface area contributed by atoms with E-state index in [1.165, 1.54) is 13.2 Å². The Morgan fingerprint density at radius 3 is 2.88 bits per heavy atom. The number of phenolic OH excluding ortho intramolecular Hbond substituents is 1. The van der Waals surface area contributed by atoms with E-state index in [0.717, 1.165) is 10.6 Å². The second kappa shape index (κ2) is 7.10. The Bertz CT molecular complexity index is 903. The molecule has 0 saturated heterocycles. The van der Waals surface area contributed by atoms with Gasteiger partial charge >= 0.3 is 0 Å². The molecule has 3 aromatic rings. The number of rotatable bonds is 6. The quantitative estimate of drug-likeness (QED) is 0.509. The summed E-state index contributed by atoms with van der Waals surface area (Å²) in [5, 5.41) is 18.4. The molecule has 0 aliphatic carbocycles. The number of hydrogen-bond acceptors (Lipinski definition) is 6. The highest BCUT2D eigenvalue weighted by Gasteiger charge is 2.12. The normalized spacial score (nSPS) is 10.3. The van der Waals surface area contributed by atoms with Crippen LogP contribution in [0, 0.1) is 0 Å². The van der Waals surface area contributed by atoms with Crippen LogP contribution in [0.1, 0.15) is 16.1 Å². The van der Waals surface area contributed by atoms with Crippen LogP contribution >= 0.6 is 11.3 Å². The fraction of sp³-hybridized carbons (Fsp3) is 0.0588. The first kappa shape index (κ1) is 16.6. The SMILES string of the molecule is C=C(NNC(=O)c1cc(-c2cccs2)[nH]n1)c1ccc(O)c(OC)c1. The highest BCUT2D eigenvalue weighted by molar-refractivity contribution is 7.13. The van der Waals surface area contributed by atoms with Crippen molar-refractivity contribution in [2.45, 2.75) is 0 Å². The lowest BCUT2D eigenvalue weighted by Crippen LogP contribution is -2.36. The van der Waals surface area contributed by atoms with Crippen LogP contribution in [0.15, 0.2) is 48.4 Å². The molecule has 7 nitrogen and oxygen atoms in total. The maximum Gasteiger partial charge on any atom is 0.290 e. The van der Waals surface area contributed by atoms with Gasteiger partial charge in [0, 0.05) is 5.56 Å². The predicted molar refractivity (Wildman–Crippen MR) is 96.2 cm³/mol. The molecule has 0 radical (unpaired) electrons. The molecule has 2 aromatic heterocycles. The molecule has 0 spiro atoms. The van der Waals surface area contributed by atoms with Crippen molar-refractivity contribution in [1.82, 2.24) is 21.0 Å². The van der Waals surface area contributed by atoms with Gasteiger partial charge in [-0.05, 0) is 35.7 Å². The third-order valence-corrected chi connectivity index (χ3v) is 4.36. The van der Waals surface area contributed by atoms with Gasteiger partial charge in [0.05, 0.1) is 23.4 Å². The lowest BCUT2D eigenvalue weighted by atomic mass is 10.1. The Morgan fingerprint density at radius 2 is 2.16 bits per heavy atom. The van der Waals surface area contributed by atoms with E-state index < -0.39 is 5.91 Å². The highest BCUT2D eigenvalue weighted by atomic mass is 32.1. The summed E-state index contributed by atoms with van der Waals surface area (Å²) in [6.07, 6.45) is 0. The summed E-state index contributed by atoms with van der Waals surface area (Å²) in [6, 6.07) is 10.3. The van der Waals surface area contributed by atoms with Gasteiger partial charge in [-0.15, -0.1) is 11.3 Å². The molecule has 3 rings (SSSR count). The van der Waals surface area contributed by atoms with Crippen LogP contribution in [0.4, 0.5) is 0 Å². The number of thiophene rings is 1. The zero-order valence-electron chi connectivity index (χ0n) is 13.4. The molecule has 0 bridgehead atoms. The van der Waals surface area contributed by atoms with E-state index in [1.807, 2.05) is 17.5 Å². The molecule has 1 amide bonds. The molecule has 0 saturated carbocycles. The van der Waals surface area contributed by atoms with Crippen molar-refractivity contribution in [3.8, 4) is 22.1 Å². The van der Waals surface area contributed by atoms with Gasteiger partial charge in [-0.2, -0.15) is 5.10 Å². The number of phenols is 1. The van der Waals surface area contributed by atoms with Crippen molar-refractivity contribution in [2.24, 2.45) is 0 Å². The van der Waals surface area contributed by atoms with Crippen LogP contribution < -0.4 is 15.6 Å². The lowest BCUT2D eigenvalue weighted by molar-refractivity contribution is 0.0937. The molecular weight excluding hydrogens is 340 g/mol. The molecule has 1 aromatic carbocycles. The Morgan fingerprint density at radius 1 is 1.32 bits per heavy atom. The molecule has 4 N–H and O–H groups in total. The van der Waals surface area contributed by atoms with Gasteiger partial charge in [-0.3, -0.25) is 20.7 Å². The van der Waals surface area contributed by atoms with Crippen molar-refractivity contribution in [3.63, 3.8) is 0 Å². The second-order valence-corrected chi connectivity index (χ2v) is 6.04. The van der Waals surface area contributed by atoms with Crippen LogP contribution in [0.5, 0.6) is 11.5 Å². The maximum atomic E-state index is 12.2. The summed E-state index contributed by atoms with van der Waals surface area (Å²) in [5.41, 5.74) is 7.41. The van der Waals surface area contributed by atoms with E-state index in [2.05, 4.69) is 27.6 Å². The van der Waals surface area contributed by atoms with Crippen molar-refractivity contribution in [1.29, 1.82) is 0 Å². The van der Waals surface area contributed by atoms with Crippen molar-refractivity contribution in [2.75, 3.05) is 7.11 Å². The number of nitrogens with one attached hydrogen (secondary N) is 3. The molecule has 0 fully saturated rings. The number of ether oxygens (including phenoxy) is 1. The maximum absolute atomic E-state index is 12.2. The number of aromatic amines is 1. The first-order chi connectivity index (χ1) is 12.1. The number of amides is 1. The number of hydrogen-bond donors (Lipinski definition) is 4. The van der Waals surface area contributed by atoms with Crippen molar-refractivity contribution >= 4 is 22.9 Å².